The summed E-state index contributed by atoms with van der Waals surface area (Å²) in [5.41, 5.74) is 5.33. The fraction of sp³-hybridized carbons (Fsp3) is 0.462. The Morgan fingerprint density at radius 3 is 2.29 bits per heavy atom. The van der Waals surface area contributed by atoms with Crippen LogP contribution in [0.3, 0.4) is 0 Å². The molecule has 0 aliphatic heterocycles. The number of nitrogens with two attached hydrogens (primary N) is 1. The second kappa shape index (κ2) is 6.76. The zero-order valence-corrected chi connectivity index (χ0v) is 13.9. The number of urea groups is 1. The SMILES string of the molecule is NC(=O)N(NS(=O)(=O)c1ccc(Br)cc1)C1CCCCC1. The quantitative estimate of drug-likeness (QED) is 0.790. The van der Waals surface area contributed by atoms with Crippen LogP contribution in [-0.2, 0) is 10.0 Å². The van der Waals surface area contributed by atoms with E-state index in [0.717, 1.165) is 41.6 Å². The molecule has 0 saturated heterocycles. The lowest BCUT2D eigenvalue weighted by Gasteiger charge is -2.32. The molecule has 1 fully saturated rings. The molecule has 1 aliphatic carbocycles. The maximum atomic E-state index is 12.3. The number of nitrogens with one attached hydrogen (secondary N) is 1. The maximum Gasteiger partial charge on any atom is 0.330 e. The number of rotatable bonds is 4. The third kappa shape index (κ3) is 4.18. The Morgan fingerprint density at radius 1 is 1.19 bits per heavy atom. The van der Waals surface area contributed by atoms with Gasteiger partial charge in [-0.05, 0) is 37.1 Å². The number of carbonyl (C=O) groups excluding carboxylic acids is 1. The van der Waals surface area contributed by atoms with Gasteiger partial charge in [-0.3, -0.25) is 0 Å². The standard InChI is InChI=1S/C13H18BrN3O3S/c14-10-6-8-12(9-7-10)21(19,20)16-17(13(15)18)11-4-2-1-3-5-11/h6-9,11,16H,1-5H2,(H2,15,18). The smallest absolute Gasteiger partial charge is 0.330 e. The van der Waals surface area contributed by atoms with Gasteiger partial charge in [0, 0.05) is 4.47 Å². The molecule has 21 heavy (non-hydrogen) atoms. The molecule has 3 N–H and O–H groups in total. The van der Waals surface area contributed by atoms with Crippen LogP contribution in [0.25, 0.3) is 0 Å². The Balaban J connectivity index is 2.18. The summed E-state index contributed by atoms with van der Waals surface area (Å²) in [6.07, 6.45) is 4.54. The summed E-state index contributed by atoms with van der Waals surface area (Å²) in [5.74, 6) is 0. The normalized spacial score (nSPS) is 16.6. The number of benzene rings is 1. The largest absolute Gasteiger partial charge is 0.350 e. The molecule has 1 aliphatic rings. The lowest BCUT2D eigenvalue weighted by atomic mass is 9.95. The van der Waals surface area contributed by atoms with E-state index in [0.29, 0.717) is 0 Å². The summed E-state index contributed by atoms with van der Waals surface area (Å²) >= 11 is 3.25. The van der Waals surface area contributed by atoms with Gasteiger partial charge in [0.15, 0.2) is 0 Å². The van der Waals surface area contributed by atoms with Gasteiger partial charge in [0.25, 0.3) is 10.0 Å². The van der Waals surface area contributed by atoms with Crippen LogP contribution in [0.2, 0.25) is 0 Å². The van der Waals surface area contributed by atoms with Crippen molar-refractivity contribution in [2.45, 2.75) is 43.0 Å². The molecule has 0 unspecified atom stereocenters. The molecule has 1 aromatic rings. The molecule has 0 aromatic heterocycles. The van der Waals surface area contributed by atoms with Crippen molar-refractivity contribution in [1.82, 2.24) is 9.84 Å². The van der Waals surface area contributed by atoms with E-state index in [1.807, 2.05) is 0 Å². The van der Waals surface area contributed by atoms with Crippen LogP contribution in [0.5, 0.6) is 0 Å². The zero-order valence-electron chi connectivity index (χ0n) is 11.5. The zero-order chi connectivity index (χ0) is 15.5. The first-order valence-corrected chi connectivity index (χ1v) is 9.04. The van der Waals surface area contributed by atoms with Gasteiger partial charge in [-0.15, -0.1) is 4.83 Å². The van der Waals surface area contributed by atoms with Crippen LogP contribution in [0, 0.1) is 0 Å². The van der Waals surface area contributed by atoms with Gasteiger partial charge in [0.05, 0.1) is 10.9 Å². The van der Waals surface area contributed by atoms with Gasteiger partial charge < -0.3 is 5.73 Å². The Labute approximate surface area is 132 Å². The maximum absolute atomic E-state index is 12.3. The van der Waals surface area contributed by atoms with Gasteiger partial charge in [0.2, 0.25) is 0 Å². The Kier molecular flexibility index (Phi) is 5.23. The van der Waals surface area contributed by atoms with E-state index in [4.69, 9.17) is 5.73 Å². The fourth-order valence-electron chi connectivity index (χ4n) is 2.43. The van der Waals surface area contributed by atoms with Crippen LogP contribution >= 0.6 is 15.9 Å². The minimum Gasteiger partial charge on any atom is -0.350 e. The number of carbonyl (C=O) groups is 1. The molecule has 0 heterocycles. The Morgan fingerprint density at radius 2 is 1.76 bits per heavy atom. The van der Waals surface area contributed by atoms with Crippen molar-refractivity contribution < 1.29 is 13.2 Å². The minimum atomic E-state index is -3.82. The third-order valence-corrected chi connectivity index (χ3v) is 5.38. The monoisotopic (exact) mass is 375 g/mol. The van der Waals surface area contributed by atoms with E-state index in [1.165, 1.54) is 12.1 Å². The Hall–Kier alpha value is -1.12. The minimum absolute atomic E-state index is 0.0905. The number of hydrogen-bond acceptors (Lipinski definition) is 3. The van der Waals surface area contributed by atoms with E-state index in [-0.39, 0.29) is 10.9 Å². The van der Waals surface area contributed by atoms with E-state index >= 15 is 0 Å². The van der Waals surface area contributed by atoms with Crippen LogP contribution in [0.15, 0.2) is 33.6 Å². The first kappa shape index (κ1) is 16.3. The fourth-order valence-corrected chi connectivity index (χ4v) is 3.80. The predicted molar refractivity (Wildman–Crippen MR) is 82.8 cm³/mol. The molecule has 2 rings (SSSR count). The number of nitrogens with zero attached hydrogens (tertiary/aromatic N) is 1. The lowest BCUT2D eigenvalue weighted by molar-refractivity contribution is 0.148. The van der Waals surface area contributed by atoms with Crippen molar-refractivity contribution in [2.24, 2.45) is 5.73 Å². The van der Waals surface area contributed by atoms with Crippen molar-refractivity contribution in [3.8, 4) is 0 Å². The lowest BCUT2D eigenvalue weighted by Crippen LogP contribution is -2.54. The molecule has 6 nitrogen and oxygen atoms in total. The molecule has 116 valence electrons. The van der Waals surface area contributed by atoms with Crippen molar-refractivity contribution in [1.29, 1.82) is 0 Å². The number of primary amides is 1. The van der Waals surface area contributed by atoms with Gasteiger partial charge in [0.1, 0.15) is 0 Å². The van der Waals surface area contributed by atoms with E-state index in [1.54, 1.807) is 12.1 Å². The van der Waals surface area contributed by atoms with Crippen molar-refractivity contribution in [3.63, 3.8) is 0 Å². The summed E-state index contributed by atoms with van der Waals surface area (Å²) in [7, 11) is -3.82. The number of amides is 2. The number of hydrazine groups is 1. The van der Waals surface area contributed by atoms with E-state index in [2.05, 4.69) is 20.8 Å². The van der Waals surface area contributed by atoms with E-state index < -0.39 is 16.1 Å². The Bertz CT molecular complexity index is 598. The van der Waals surface area contributed by atoms with Crippen molar-refractivity contribution >= 4 is 32.0 Å². The third-order valence-electron chi connectivity index (χ3n) is 3.52. The van der Waals surface area contributed by atoms with Crippen molar-refractivity contribution in [2.75, 3.05) is 0 Å². The molecule has 8 heteroatoms. The molecule has 1 saturated carbocycles. The number of hydrogen-bond donors (Lipinski definition) is 2. The average Bonchev–Trinajstić information content (AvgIpc) is 2.46. The van der Waals surface area contributed by atoms with Crippen LogP contribution < -0.4 is 10.6 Å². The molecular weight excluding hydrogens is 358 g/mol. The van der Waals surface area contributed by atoms with Crippen LogP contribution in [0.4, 0.5) is 4.79 Å². The first-order valence-electron chi connectivity index (χ1n) is 6.77. The van der Waals surface area contributed by atoms with Gasteiger partial charge >= 0.3 is 6.03 Å². The molecule has 2 amide bonds. The number of sulfonamides is 1. The average molecular weight is 376 g/mol. The summed E-state index contributed by atoms with van der Waals surface area (Å²) in [6.45, 7) is 0. The second-order valence-corrected chi connectivity index (χ2v) is 7.63. The highest BCUT2D eigenvalue weighted by Gasteiger charge is 2.28. The molecule has 1 aromatic carbocycles. The van der Waals surface area contributed by atoms with Gasteiger partial charge in [-0.1, -0.05) is 35.2 Å². The van der Waals surface area contributed by atoms with Gasteiger partial charge in [-0.2, -0.15) is 0 Å². The highest BCUT2D eigenvalue weighted by Crippen LogP contribution is 2.22. The molecule has 0 atom stereocenters. The molecule has 0 spiro atoms. The van der Waals surface area contributed by atoms with Crippen molar-refractivity contribution in [3.05, 3.63) is 28.7 Å². The van der Waals surface area contributed by atoms with Crippen LogP contribution in [0.1, 0.15) is 32.1 Å². The van der Waals surface area contributed by atoms with E-state index in [9.17, 15) is 13.2 Å². The molecule has 0 radical (unpaired) electrons. The topological polar surface area (TPSA) is 92.5 Å². The molecule has 0 bridgehead atoms. The summed E-state index contributed by atoms with van der Waals surface area (Å²) in [5, 5.41) is 1.05. The van der Waals surface area contributed by atoms with Crippen LogP contribution in [-0.4, -0.2) is 25.5 Å². The summed E-state index contributed by atoms with van der Waals surface area (Å²) in [4.78, 5) is 14.0. The van der Waals surface area contributed by atoms with Gasteiger partial charge in [-0.25, -0.2) is 18.2 Å². The molecular formula is C13H18BrN3O3S. The number of halogens is 1. The first-order chi connectivity index (χ1) is 9.90. The predicted octanol–water partition coefficient (Wildman–Crippen LogP) is 2.36. The highest BCUT2D eigenvalue weighted by molar-refractivity contribution is 9.10. The summed E-state index contributed by atoms with van der Waals surface area (Å²) in [6, 6.07) is 5.23. The summed E-state index contributed by atoms with van der Waals surface area (Å²) < 4.78 is 25.4. The second-order valence-electron chi connectivity index (χ2n) is 5.05. The highest BCUT2D eigenvalue weighted by atomic mass is 79.9.